The minimum atomic E-state index is 0. The Labute approximate surface area is 151 Å². The quantitative estimate of drug-likeness (QED) is 0.890. The van der Waals surface area contributed by atoms with Gasteiger partial charge in [0.1, 0.15) is 0 Å². The van der Waals surface area contributed by atoms with Crippen LogP contribution in [0.25, 0.3) is 0 Å². The van der Waals surface area contributed by atoms with Gasteiger partial charge in [0.05, 0.1) is 0 Å². The fourth-order valence-electron chi connectivity index (χ4n) is 3.80. The van der Waals surface area contributed by atoms with Crippen molar-refractivity contribution in [2.45, 2.75) is 26.3 Å². The second-order valence-corrected chi connectivity index (χ2v) is 7.71. The van der Waals surface area contributed by atoms with Crippen molar-refractivity contribution in [2.75, 3.05) is 45.8 Å². The van der Waals surface area contributed by atoms with E-state index in [9.17, 15) is 0 Å². The monoisotopic (exact) mass is 357 g/mol. The highest BCUT2D eigenvalue weighted by Gasteiger charge is 2.32. The van der Waals surface area contributed by atoms with Crippen molar-refractivity contribution in [1.29, 1.82) is 0 Å². The van der Waals surface area contributed by atoms with E-state index in [4.69, 9.17) is 11.6 Å². The molecule has 3 nitrogen and oxygen atoms in total. The van der Waals surface area contributed by atoms with Crippen LogP contribution in [0.2, 0.25) is 5.02 Å². The van der Waals surface area contributed by atoms with Gasteiger partial charge >= 0.3 is 0 Å². The molecule has 1 aromatic carbocycles. The van der Waals surface area contributed by atoms with Crippen LogP contribution < -0.4 is 5.32 Å². The average Bonchev–Trinajstić information content (AvgIpc) is 2.94. The predicted octanol–water partition coefficient (Wildman–Crippen LogP) is 3.44. The zero-order valence-electron chi connectivity index (χ0n) is 14.2. The maximum absolute atomic E-state index is 5.99. The number of nitrogens with one attached hydrogen (secondary N) is 1. The summed E-state index contributed by atoms with van der Waals surface area (Å²) in [6.07, 6.45) is 1.31. The number of hydrogen-bond donors (Lipinski definition) is 1. The summed E-state index contributed by atoms with van der Waals surface area (Å²) in [4.78, 5) is 5.24. The van der Waals surface area contributed by atoms with Gasteiger partial charge in [-0.3, -0.25) is 4.90 Å². The summed E-state index contributed by atoms with van der Waals surface area (Å²) < 4.78 is 0. The Balaban J connectivity index is 0.00000192. The van der Waals surface area contributed by atoms with Crippen molar-refractivity contribution in [2.24, 2.45) is 5.41 Å². The number of halogens is 2. The Bertz CT molecular complexity index is 478. The maximum Gasteiger partial charge on any atom is 0.0406 e. The first kappa shape index (κ1) is 19.0. The van der Waals surface area contributed by atoms with E-state index in [0.717, 1.165) is 18.1 Å². The van der Waals surface area contributed by atoms with Crippen molar-refractivity contribution in [3.8, 4) is 0 Å². The van der Waals surface area contributed by atoms with Gasteiger partial charge in [-0.2, -0.15) is 0 Å². The lowest BCUT2D eigenvalue weighted by Crippen LogP contribution is -2.50. The molecule has 3 rings (SSSR count). The molecule has 0 aromatic heterocycles. The molecule has 2 heterocycles. The average molecular weight is 358 g/mol. The van der Waals surface area contributed by atoms with Crippen LogP contribution in [0.5, 0.6) is 0 Å². The third-order valence-corrected chi connectivity index (χ3v) is 5.62. The second-order valence-electron chi connectivity index (χ2n) is 7.28. The molecule has 2 atom stereocenters. The van der Waals surface area contributed by atoms with Crippen LogP contribution in [0.1, 0.15) is 31.9 Å². The van der Waals surface area contributed by atoms with E-state index in [2.05, 4.69) is 41.1 Å². The lowest BCUT2D eigenvalue weighted by atomic mass is 9.89. The maximum atomic E-state index is 5.99. The van der Waals surface area contributed by atoms with Gasteiger partial charge in [-0.25, -0.2) is 0 Å². The highest BCUT2D eigenvalue weighted by atomic mass is 35.5. The molecule has 1 N–H and O–H groups in total. The summed E-state index contributed by atoms with van der Waals surface area (Å²) in [5.41, 5.74) is 1.84. The molecule has 0 bridgehead atoms. The SMILES string of the molecule is CC(c1ccc(Cl)cc1)N1CCN(CC2(C)CCNC2)CC1.Cl. The summed E-state index contributed by atoms with van der Waals surface area (Å²) >= 11 is 5.99. The van der Waals surface area contributed by atoms with Crippen LogP contribution in [0.15, 0.2) is 24.3 Å². The van der Waals surface area contributed by atoms with Gasteiger partial charge in [-0.1, -0.05) is 30.7 Å². The van der Waals surface area contributed by atoms with Crippen LogP contribution >= 0.6 is 24.0 Å². The molecule has 2 fully saturated rings. The van der Waals surface area contributed by atoms with Gasteiger partial charge in [0.15, 0.2) is 0 Å². The predicted molar refractivity (Wildman–Crippen MR) is 101 cm³/mol. The van der Waals surface area contributed by atoms with Crippen LogP contribution in [-0.2, 0) is 0 Å². The Morgan fingerprint density at radius 1 is 1.17 bits per heavy atom. The Kier molecular flexibility index (Phi) is 6.76. The van der Waals surface area contributed by atoms with Crippen molar-refractivity contribution in [1.82, 2.24) is 15.1 Å². The topological polar surface area (TPSA) is 18.5 Å². The highest BCUT2D eigenvalue weighted by Crippen LogP contribution is 2.27. The summed E-state index contributed by atoms with van der Waals surface area (Å²) in [6.45, 7) is 13.0. The Morgan fingerprint density at radius 3 is 2.39 bits per heavy atom. The van der Waals surface area contributed by atoms with E-state index in [1.54, 1.807) is 0 Å². The largest absolute Gasteiger partial charge is 0.316 e. The number of rotatable bonds is 4. The molecule has 0 aliphatic carbocycles. The molecule has 0 saturated carbocycles. The number of hydrogen-bond acceptors (Lipinski definition) is 3. The zero-order chi connectivity index (χ0) is 15.6. The summed E-state index contributed by atoms with van der Waals surface area (Å²) in [5, 5.41) is 4.33. The molecule has 5 heteroatoms. The molecular formula is C18H29Cl2N3. The molecule has 2 unspecified atom stereocenters. The fraction of sp³-hybridized carbons (Fsp3) is 0.667. The first-order valence-electron chi connectivity index (χ1n) is 8.48. The Hall–Kier alpha value is -0.320. The first-order valence-corrected chi connectivity index (χ1v) is 8.86. The lowest BCUT2D eigenvalue weighted by molar-refractivity contribution is 0.0761. The van der Waals surface area contributed by atoms with Crippen molar-refractivity contribution >= 4 is 24.0 Å². The van der Waals surface area contributed by atoms with Crippen LogP contribution in [0, 0.1) is 5.41 Å². The van der Waals surface area contributed by atoms with Gasteiger partial charge in [-0.15, -0.1) is 12.4 Å². The lowest BCUT2D eigenvalue weighted by Gasteiger charge is -2.41. The van der Waals surface area contributed by atoms with E-state index in [1.807, 2.05) is 12.1 Å². The minimum Gasteiger partial charge on any atom is -0.316 e. The smallest absolute Gasteiger partial charge is 0.0406 e. The second kappa shape index (κ2) is 8.17. The normalized spacial score (nSPS) is 27.6. The van der Waals surface area contributed by atoms with Gasteiger partial charge < -0.3 is 10.2 Å². The molecule has 0 amide bonds. The molecule has 23 heavy (non-hydrogen) atoms. The van der Waals surface area contributed by atoms with E-state index in [1.165, 1.54) is 44.7 Å². The van der Waals surface area contributed by atoms with E-state index >= 15 is 0 Å². The Morgan fingerprint density at radius 2 is 1.83 bits per heavy atom. The molecule has 2 aliphatic heterocycles. The van der Waals surface area contributed by atoms with E-state index < -0.39 is 0 Å². The third kappa shape index (κ3) is 4.83. The fourth-order valence-corrected chi connectivity index (χ4v) is 3.93. The highest BCUT2D eigenvalue weighted by molar-refractivity contribution is 6.30. The third-order valence-electron chi connectivity index (χ3n) is 5.37. The minimum absolute atomic E-state index is 0. The van der Waals surface area contributed by atoms with Crippen molar-refractivity contribution in [3.63, 3.8) is 0 Å². The zero-order valence-corrected chi connectivity index (χ0v) is 15.8. The van der Waals surface area contributed by atoms with Gasteiger partial charge in [0.2, 0.25) is 0 Å². The van der Waals surface area contributed by atoms with E-state index in [-0.39, 0.29) is 12.4 Å². The molecule has 0 radical (unpaired) electrons. The van der Waals surface area contributed by atoms with E-state index in [0.29, 0.717) is 11.5 Å². The summed E-state index contributed by atoms with van der Waals surface area (Å²) in [6, 6.07) is 8.79. The number of nitrogens with zero attached hydrogens (tertiary/aromatic N) is 2. The standard InChI is InChI=1S/C18H28ClN3.ClH/c1-15(16-3-5-17(19)6-4-16)22-11-9-21(10-12-22)14-18(2)7-8-20-13-18;/h3-6,15,20H,7-14H2,1-2H3;1H. The molecule has 130 valence electrons. The molecule has 2 aliphatic rings. The number of benzene rings is 1. The molecule has 0 spiro atoms. The molecule has 2 saturated heterocycles. The number of piperazine rings is 1. The van der Waals surface area contributed by atoms with Gasteiger partial charge in [0.25, 0.3) is 0 Å². The molecular weight excluding hydrogens is 329 g/mol. The van der Waals surface area contributed by atoms with Gasteiger partial charge in [0, 0.05) is 50.3 Å². The van der Waals surface area contributed by atoms with Crippen molar-refractivity contribution in [3.05, 3.63) is 34.9 Å². The van der Waals surface area contributed by atoms with Crippen LogP contribution in [0.4, 0.5) is 0 Å². The van der Waals surface area contributed by atoms with Crippen LogP contribution in [0.3, 0.4) is 0 Å². The van der Waals surface area contributed by atoms with Gasteiger partial charge in [-0.05, 0) is 43.0 Å². The van der Waals surface area contributed by atoms with Crippen LogP contribution in [-0.4, -0.2) is 55.6 Å². The first-order chi connectivity index (χ1) is 10.6. The summed E-state index contributed by atoms with van der Waals surface area (Å²) in [7, 11) is 0. The molecule has 1 aromatic rings. The summed E-state index contributed by atoms with van der Waals surface area (Å²) in [5.74, 6) is 0. The van der Waals surface area contributed by atoms with Crippen molar-refractivity contribution < 1.29 is 0 Å².